The molecule has 0 aromatic carbocycles. The van der Waals surface area contributed by atoms with E-state index in [2.05, 4.69) is 9.97 Å². The number of aromatic nitrogens is 2. The minimum atomic E-state index is -1.13. The van der Waals surface area contributed by atoms with E-state index in [1.165, 1.54) is 6.20 Å². The summed E-state index contributed by atoms with van der Waals surface area (Å²) in [6.45, 7) is 0.222. The predicted octanol–water partition coefficient (Wildman–Crippen LogP) is 1.01. The smallest absolute Gasteiger partial charge is 0.236 e. The quantitative estimate of drug-likeness (QED) is 0.795. The zero-order chi connectivity index (χ0) is 12.7. The summed E-state index contributed by atoms with van der Waals surface area (Å²) in [7, 11) is 0. The Bertz CT molecular complexity index is 467. The fraction of sp³-hybridized carbons (Fsp3) is 0.600. The van der Waals surface area contributed by atoms with E-state index in [4.69, 9.17) is 27.2 Å². The molecular formula is C10H10ClFN2O3. The largest absolute Gasteiger partial charge is 0.468 e. The van der Waals surface area contributed by atoms with Crippen LogP contribution in [-0.2, 0) is 9.47 Å². The molecule has 3 rings (SSSR count). The lowest BCUT2D eigenvalue weighted by Gasteiger charge is -2.17. The van der Waals surface area contributed by atoms with Gasteiger partial charge in [-0.25, -0.2) is 14.4 Å². The summed E-state index contributed by atoms with van der Waals surface area (Å²) < 4.78 is 36.8. The van der Waals surface area contributed by atoms with Crippen molar-refractivity contribution >= 4 is 11.6 Å². The topological polar surface area (TPSA) is 53.5 Å². The molecule has 0 aliphatic carbocycles. The van der Waals surface area contributed by atoms with Crippen LogP contribution in [0.15, 0.2) is 12.5 Å². The molecule has 17 heavy (non-hydrogen) atoms. The zero-order valence-electron chi connectivity index (χ0n) is 9.68. The highest BCUT2D eigenvalue weighted by molar-refractivity contribution is 6.31. The first-order valence-electron chi connectivity index (χ1n) is 5.68. The molecule has 0 radical (unpaired) electrons. The Morgan fingerprint density at radius 2 is 2.29 bits per heavy atom. The van der Waals surface area contributed by atoms with Crippen LogP contribution in [0.1, 0.15) is 1.37 Å². The molecule has 2 aliphatic heterocycles. The standard InChI is InChI=1S/C10H10ClFN2O3/c11-5-1-13-4-14-10(5)17-7-3-16-8-6(12)2-15-9(7)8/h1,4,6-9H,2-3H2/t6-,7-,8-,9-/m1/s1/i4D. The van der Waals surface area contributed by atoms with E-state index in [0.717, 1.165) is 0 Å². The van der Waals surface area contributed by atoms with E-state index in [1.807, 2.05) is 0 Å². The van der Waals surface area contributed by atoms with Crippen molar-refractivity contribution in [1.82, 2.24) is 9.97 Å². The molecule has 5 nitrogen and oxygen atoms in total. The maximum absolute atomic E-state index is 13.3. The van der Waals surface area contributed by atoms with Gasteiger partial charge in [0.15, 0.2) is 12.3 Å². The minimum Gasteiger partial charge on any atom is -0.468 e. The number of halogens is 2. The molecule has 0 spiro atoms. The second-order valence-corrected chi connectivity index (χ2v) is 4.30. The fourth-order valence-electron chi connectivity index (χ4n) is 2.01. The zero-order valence-corrected chi connectivity index (χ0v) is 9.43. The minimum absolute atomic E-state index is 0.0103. The van der Waals surface area contributed by atoms with Crippen LogP contribution in [0.2, 0.25) is 5.02 Å². The summed E-state index contributed by atoms with van der Waals surface area (Å²) >= 11 is 5.86. The molecule has 2 fully saturated rings. The Kier molecular flexibility index (Phi) is 2.56. The van der Waals surface area contributed by atoms with Crippen LogP contribution < -0.4 is 4.74 Å². The summed E-state index contributed by atoms with van der Waals surface area (Å²) in [5, 5.41) is 0.198. The van der Waals surface area contributed by atoms with Gasteiger partial charge in [0.2, 0.25) is 5.88 Å². The molecule has 1 aromatic rings. The van der Waals surface area contributed by atoms with Gasteiger partial charge in [-0.1, -0.05) is 11.6 Å². The monoisotopic (exact) mass is 261 g/mol. The third kappa shape index (κ3) is 1.96. The highest BCUT2D eigenvalue weighted by Crippen LogP contribution is 2.32. The number of rotatable bonds is 2. The van der Waals surface area contributed by atoms with Gasteiger partial charge < -0.3 is 14.2 Å². The van der Waals surface area contributed by atoms with Crippen LogP contribution in [0.25, 0.3) is 0 Å². The molecule has 4 atom stereocenters. The Labute approximate surface area is 103 Å². The lowest BCUT2D eigenvalue weighted by Crippen LogP contribution is -2.34. The Morgan fingerprint density at radius 1 is 1.47 bits per heavy atom. The average molecular weight is 262 g/mol. The first kappa shape index (κ1) is 9.99. The van der Waals surface area contributed by atoms with Gasteiger partial charge in [-0.05, 0) is 0 Å². The van der Waals surface area contributed by atoms with Gasteiger partial charge in [0.1, 0.15) is 24.9 Å². The molecular weight excluding hydrogens is 251 g/mol. The molecule has 0 unspecified atom stereocenters. The van der Waals surface area contributed by atoms with Crippen molar-refractivity contribution in [2.24, 2.45) is 0 Å². The summed E-state index contributed by atoms with van der Waals surface area (Å²) in [5.41, 5.74) is 0. The van der Waals surface area contributed by atoms with Gasteiger partial charge in [0.25, 0.3) is 0 Å². The van der Waals surface area contributed by atoms with Crippen LogP contribution in [0.4, 0.5) is 4.39 Å². The lowest BCUT2D eigenvalue weighted by atomic mass is 10.1. The number of fused-ring (bicyclic) bond motifs is 1. The second-order valence-electron chi connectivity index (χ2n) is 3.89. The summed E-state index contributed by atoms with van der Waals surface area (Å²) in [5.74, 6) is 0.0943. The van der Waals surface area contributed by atoms with Crippen molar-refractivity contribution in [3.05, 3.63) is 17.5 Å². The SMILES string of the molecule is [2H]c1ncc(Cl)c(O[C@@H]2CO[C@H]3[C@@H]2OC[C@H]3F)n1. The molecule has 0 saturated carbocycles. The molecule has 0 amide bonds. The number of hydrogen-bond acceptors (Lipinski definition) is 5. The van der Waals surface area contributed by atoms with Crippen molar-refractivity contribution in [1.29, 1.82) is 0 Å². The Morgan fingerprint density at radius 3 is 3.18 bits per heavy atom. The predicted molar refractivity (Wildman–Crippen MR) is 55.8 cm³/mol. The number of ether oxygens (including phenoxy) is 3. The average Bonchev–Trinajstić information content (AvgIpc) is 2.89. The van der Waals surface area contributed by atoms with Crippen molar-refractivity contribution in [2.45, 2.75) is 24.5 Å². The fourth-order valence-corrected chi connectivity index (χ4v) is 2.15. The molecule has 3 heterocycles. The maximum atomic E-state index is 13.3. The van der Waals surface area contributed by atoms with E-state index >= 15 is 0 Å². The van der Waals surface area contributed by atoms with Gasteiger partial charge in [0, 0.05) is 0 Å². The van der Waals surface area contributed by atoms with Crippen LogP contribution >= 0.6 is 11.6 Å². The molecule has 7 heteroatoms. The number of nitrogens with zero attached hydrogens (tertiary/aromatic N) is 2. The third-order valence-corrected chi connectivity index (χ3v) is 3.06. The van der Waals surface area contributed by atoms with Gasteiger partial charge in [-0.3, -0.25) is 0 Å². The maximum Gasteiger partial charge on any atom is 0.236 e. The van der Waals surface area contributed by atoms with Crippen molar-refractivity contribution in [3.8, 4) is 5.88 Å². The van der Waals surface area contributed by atoms with E-state index in [1.54, 1.807) is 0 Å². The molecule has 0 bridgehead atoms. The second kappa shape index (κ2) is 4.36. The summed E-state index contributed by atoms with van der Waals surface area (Å²) in [6, 6.07) is 0. The van der Waals surface area contributed by atoms with E-state index in [-0.39, 0.29) is 30.4 Å². The van der Waals surface area contributed by atoms with Crippen LogP contribution in [-0.4, -0.2) is 47.7 Å². The molecule has 1 aromatic heterocycles. The normalized spacial score (nSPS) is 36.7. The molecule has 0 N–H and O–H groups in total. The molecule has 2 aliphatic rings. The summed E-state index contributed by atoms with van der Waals surface area (Å²) in [6.07, 6.45) is -1.56. The van der Waals surface area contributed by atoms with Crippen LogP contribution in [0.3, 0.4) is 0 Å². The van der Waals surface area contributed by atoms with Gasteiger partial charge in [-0.2, -0.15) is 0 Å². The summed E-state index contributed by atoms with van der Waals surface area (Å²) in [4.78, 5) is 7.38. The first-order valence-corrected chi connectivity index (χ1v) is 5.56. The third-order valence-electron chi connectivity index (χ3n) is 2.80. The van der Waals surface area contributed by atoms with Gasteiger partial charge in [-0.15, -0.1) is 0 Å². The van der Waals surface area contributed by atoms with Crippen LogP contribution in [0.5, 0.6) is 5.88 Å². The van der Waals surface area contributed by atoms with Gasteiger partial charge in [0.05, 0.1) is 19.4 Å². The first-order chi connectivity index (χ1) is 8.65. The van der Waals surface area contributed by atoms with Crippen LogP contribution in [0, 0.1) is 0 Å². The molecule has 92 valence electrons. The number of hydrogen-bond donors (Lipinski definition) is 0. The van der Waals surface area contributed by atoms with E-state index in [9.17, 15) is 4.39 Å². The van der Waals surface area contributed by atoms with E-state index in [0.29, 0.717) is 0 Å². The van der Waals surface area contributed by atoms with Gasteiger partial charge >= 0.3 is 0 Å². The van der Waals surface area contributed by atoms with Crippen molar-refractivity contribution in [3.63, 3.8) is 0 Å². The number of alkyl halides is 1. The van der Waals surface area contributed by atoms with Crippen molar-refractivity contribution in [2.75, 3.05) is 13.2 Å². The van der Waals surface area contributed by atoms with E-state index < -0.39 is 24.5 Å². The van der Waals surface area contributed by atoms with Crippen molar-refractivity contribution < 1.29 is 20.0 Å². The Balaban J connectivity index is 1.75. The lowest BCUT2D eigenvalue weighted by molar-refractivity contribution is 0.0261. The Hall–Kier alpha value is -0.980. The highest BCUT2D eigenvalue weighted by Gasteiger charge is 2.49. The highest BCUT2D eigenvalue weighted by atomic mass is 35.5. The molecule has 2 saturated heterocycles.